The maximum absolute atomic E-state index is 11.7. The van der Waals surface area contributed by atoms with Crippen LogP contribution in [0.25, 0.3) is 0 Å². The summed E-state index contributed by atoms with van der Waals surface area (Å²) in [4.78, 5) is 16.5. The summed E-state index contributed by atoms with van der Waals surface area (Å²) in [5.74, 6) is 5.60. The molecule has 1 aromatic rings. The number of amides is 1. The first-order chi connectivity index (χ1) is 7.90. The van der Waals surface area contributed by atoms with Crippen LogP contribution in [0.4, 0.5) is 5.13 Å². The van der Waals surface area contributed by atoms with Gasteiger partial charge in [-0.3, -0.25) is 4.79 Å². The maximum atomic E-state index is 11.7. The van der Waals surface area contributed by atoms with Gasteiger partial charge in [-0.05, 0) is 5.41 Å². The summed E-state index contributed by atoms with van der Waals surface area (Å²) in [5.41, 5.74) is 5.25. The van der Waals surface area contributed by atoms with Crippen LogP contribution in [-0.4, -0.2) is 17.4 Å². The minimum absolute atomic E-state index is 0.0230. The summed E-state index contributed by atoms with van der Waals surface area (Å²) in [6.45, 7) is 6.38. The van der Waals surface area contributed by atoms with Crippen molar-refractivity contribution in [3.63, 3.8) is 0 Å². The lowest BCUT2D eigenvalue weighted by Gasteiger charge is -2.16. The predicted octanol–water partition coefficient (Wildman–Crippen LogP) is 1.83. The Morgan fingerprint density at radius 1 is 1.59 bits per heavy atom. The maximum Gasteiger partial charge on any atom is 0.226 e. The number of anilines is 1. The molecule has 0 saturated carbocycles. The van der Waals surface area contributed by atoms with Crippen molar-refractivity contribution in [2.24, 2.45) is 11.1 Å². The van der Waals surface area contributed by atoms with Gasteiger partial charge in [0, 0.05) is 6.42 Å². The van der Waals surface area contributed by atoms with Gasteiger partial charge < -0.3 is 11.1 Å². The Labute approximate surface area is 106 Å². The lowest BCUT2D eigenvalue weighted by molar-refractivity contribution is -0.117. The minimum Gasteiger partial charge on any atom is -0.320 e. The summed E-state index contributed by atoms with van der Waals surface area (Å²) in [7, 11) is 0. The van der Waals surface area contributed by atoms with Crippen LogP contribution in [0.5, 0.6) is 0 Å². The van der Waals surface area contributed by atoms with Gasteiger partial charge in [0.1, 0.15) is 0 Å². The molecule has 0 aromatic carbocycles. The second-order valence-electron chi connectivity index (χ2n) is 4.82. The van der Waals surface area contributed by atoms with E-state index in [0.29, 0.717) is 18.1 Å². The highest BCUT2D eigenvalue weighted by Crippen LogP contribution is 2.21. The third kappa shape index (κ3) is 5.48. The van der Waals surface area contributed by atoms with Gasteiger partial charge >= 0.3 is 0 Å². The normalized spacial score (nSPS) is 10.6. The molecule has 0 radical (unpaired) electrons. The summed E-state index contributed by atoms with van der Waals surface area (Å²) in [6.07, 6.45) is 2.11. The Kier molecular flexibility index (Phi) is 4.67. The average molecular weight is 251 g/mol. The van der Waals surface area contributed by atoms with Crippen LogP contribution in [0.1, 0.15) is 32.1 Å². The van der Waals surface area contributed by atoms with E-state index in [4.69, 9.17) is 5.73 Å². The molecule has 0 saturated heterocycles. The third-order valence-electron chi connectivity index (χ3n) is 1.76. The third-order valence-corrected chi connectivity index (χ3v) is 2.58. The first kappa shape index (κ1) is 13.7. The molecule has 0 unspecified atom stereocenters. The molecule has 3 N–H and O–H groups in total. The van der Waals surface area contributed by atoms with Gasteiger partial charge in [-0.15, -0.1) is 0 Å². The molecule has 0 spiro atoms. The Bertz CT molecular complexity index is 448. The quantitative estimate of drug-likeness (QED) is 0.788. The second-order valence-corrected chi connectivity index (χ2v) is 5.85. The molecule has 1 aromatic heterocycles. The molecule has 0 bridgehead atoms. The molecule has 0 aliphatic carbocycles. The zero-order valence-electron chi connectivity index (χ0n) is 10.3. The molecule has 4 nitrogen and oxygen atoms in total. The van der Waals surface area contributed by atoms with Crippen molar-refractivity contribution in [2.45, 2.75) is 27.2 Å². The van der Waals surface area contributed by atoms with Gasteiger partial charge in [0.2, 0.25) is 5.91 Å². The smallest absolute Gasteiger partial charge is 0.226 e. The number of thiazole rings is 1. The van der Waals surface area contributed by atoms with Crippen molar-refractivity contribution >= 4 is 22.4 Å². The molecule has 92 valence electrons. The predicted molar refractivity (Wildman–Crippen MR) is 70.7 cm³/mol. The fourth-order valence-corrected chi connectivity index (χ4v) is 1.88. The summed E-state index contributed by atoms with van der Waals surface area (Å²) in [5, 5.41) is 3.35. The van der Waals surface area contributed by atoms with Crippen LogP contribution >= 0.6 is 11.3 Å². The molecular weight excluding hydrogens is 234 g/mol. The number of rotatable bonds is 2. The molecule has 1 amide bonds. The largest absolute Gasteiger partial charge is 0.320 e. The van der Waals surface area contributed by atoms with Crippen molar-refractivity contribution in [1.82, 2.24) is 4.98 Å². The number of hydrogen-bond acceptors (Lipinski definition) is 4. The molecule has 0 atom stereocenters. The van der Waals surface area contributed by atoms with Crippen molar-refractivity contribution in [1.29, 1.82) is 0 Å². The number of carbonyl (C=O) groups excluding carboxylic acids is 1. The number of nitrogens with zero attached hydrogens (tertiary/aromatic N) is 1. The molecule has 0 fully saturated rings. The first-order valence-electron chi connectivity index (χ1n) is 5.35. The number of carbonyl (C=O) groups is 1. The van der Waals surface area contributed by atoms with Gasteiger partial charge in [-0.2, -0.15) is 0 Å². The fraction of sp³-hybridized carbons (Fsp3) is 0.500. The molecule has 1 heterocycles. The van der Waals surface area contributed by atoms with Gasteiger partial charge in [-0.25, -0.2) is 4.98 Å². The minimum atomic E-state index is -0.0243. The Morgan fingerprint density at radius 3 is 2.88 bits per heavy atom. The van der Waals surface area contributed by atoms with Gasteiger partial charge in [-0.1, -0.05) is 43.9 Å². The Hall–Kier alpha value is -1.38. The molecule has 17 heavy (non-hydrogen) atoms. The van der Waals surface area contributed by atoms with Gasteiger partial charge in [0.25, 0.3) is 0 Å². The van der Waals surface area contributed by atoms with Crippen LogP contribution in [0.15, 0.2) is 6.20 Å². The number of aromatic nitrogens is 1. The average Bonchev–Trinajstić information content (AvgIpc) is 2.59. The van der Waals surface area contributed by atoms with Crippen molar-refractivity contribution in [3.05, 3.63) is 11.1 Å². The Morgan fingerprint density at radius 2 is 2.29 bits per heavy atom. The van der Waals surface area contributed by atoms with Gasteiger partial charge in [0.15, 0.2) is 5.13 Å². The highest BCUT2D eigenvalue weighted by molar-refractivity contribution is 7.16. The molecular formula is C12H17N3OS. The lowest BCUT2D eigenvalue weighted by atomic mass is 9.92. The monoisotopic (exact) mass is 251 g/mol. The second kappa shape index (κ2) is 5.80. The highest BCUT2D eigenvalue weighted by Gasteiger charge is 2.16. The van der Waals surface area contributed by atoms with E-state index in [0.717, 1.165) is 4.88 Å². The topological polar surface area (TPSA) is 68.0 Å². The van der Waals surface area contributed by atoms with Crippen LogP contribution in [0, 0.1) is 17.3 Å². The van der Waals surface area contributed by atoms with E-state index in [-0.39, 0.29) is 11.3 Å². The molecule has 0 aliphatic heterocycles. The SMILES string of the molecule is CC(C)(C)CC(=O)Nc1ncc(C#CCN)s1. The van der Waals surface area contributed by atoms with E-state index in [1.165, 1.54) is 11.3 Å². The zero-order chi connectivity index (χ0) is 12.9. The van der Waals surface area contributed by atoms with E-state index in [1.54, 1.807) is 6.20 Å². The summed E-state index contributed by atoms with van der Waals surface area (Å²) >= 11 is 1.35. The number of hydrogen-bond donors (Lipinski definition) is 2. The van der Waals surface area contributed by atoms with Crippen molar-refractivity contribution in [3.8, 4) is 11.8 Å². The Balaban J connectivity index is 2.58. The van der Waals surface area contributed by atoms with E-state index in [2.05, 4.69) is 22.1 Å². The molecule has 5 heteroatoms. The zero-order valence-corrected chi connectivity index (χ0v) is 11.1. The lowest BCUT2D eigenvalue weighted by Crippen LogP contribution is -2.19. The van der Waals surface area contributed by atoms with Crippen molar-refractivity contribution < 1.29 is 4.79 Å². The van der Waals surface area contributed by atoms with E-state index in [1.807, 2.05) is 20.8 Å². The highest BCUT2D eigenvalue weighted by atomic mass is 32.1. The van der Waals surface area contributed by atoms with Crippen LogP contribution < -0.4 is 11.1 Å². The number of nitrogens with two attached hydrogens (primary N) is 1. The molecule has 0 aliphatic rings. The van der Waals surface area contributed by atoms with E-state index < -0.39 is 0 Å². The summed E-state index contributed by atoms with van der Waals surface area (Å²) in [6, 6.07) is 0. The van der Waals surface area contributed by atoms with Crippen molar-refractivity contribution in [2.75, 3.05) is 11.9 Å². The van der Waals surface area contributed by atoms with Gasteiger partial charge in [0.05, 0.1) is 17.6 Å². The molecule has 1 rings (SSSR count). The van der Waals surface area contributed by atoms with E-state index >= 15 is 0 Å². The van der Waals surface area contributed by atoms with E-state index in [9.17, 15) is 4.79 Å². The van der Waals surface area contributed by atoms with Crippen LogP contribution in [0.2, 0.25) is 0 Å². The fourth-order valence-electron chi connectivity index (χ4n) is 1.17. The van der Waals surface area contributed by atoms with Crippen LogP contribution in [0.3, 0.4) is 0 Å². The number of nitrogens with one attached hydrogen (secondary N) is 1. The van der Waals surface area contributed by atoms with Crippen LogP contribution in [-0.2, 0) is 4.79 Å². The standard InChI is InChI=1S/C12H17N3OS/c1-12(2,3)7-10(16)15-11-14-8-9(17-11)5-4-6-13/h8H,6-7,13H2,1-3H3,(H,14,15,16). The first-order valence-corrected chi connectivity index (χ1v) is 6.17. The summed E-state index contributed by atoms with van der Waals surface area (Å²) < 4.78 is 0.